The molecule has 17 heavy (non-hydrogen) atoms. The Morgan fingerprint density at radius 2 is 2.18 bits per heavy atom. The third-order valence-electron chi connectivity index (χ3n) is 2.60. The summed E-state index contributed by atoms with van der Waals surface area (Å²) in [5.41, 5.74) is 1.35. The molecule has 1 aromatic carbocycles. The summed E-state index contributed by atoms with van der Waals surface area (Å²) in [5.74, 6) is -0.227. The van der Waals surface area contributed by atoms with Gasteiger partial charge in [-0.15, -0.1) is 0 Å². The predicted octanol–water partition coefficient (Wildman–Crippen LogP) is 3.52. The molecule has 0 atom stereocenters. The van der Waals surface area contributed by atoms with Crippen molar-refractivity contribution in [3.8, 4) is 6.07 Å². The zero-order valence-electron chi connectivity index (χ0n) is 10.1. The van der Waals surface area contributed by atoms with E-state index in [2.05, 4.69) is 6.07 Å². The minimum atomic E-state index is -0.227. The van der Waals surface area contributed by atoms with E-state index in [0.717, 1.165) is 18.5 Å². The number of hydrogen-bond acceptors (Lipinski definition) is 2. The summed E-state index contributed by atoms with van der Waals surface area (Å²) < 4.78 is 13.4. The molecule has 0 saturated carbocycles. The summed E-state index contributed by atoms with van der Waals surface area (Å²) in [5, 5.41) is 9.03. The predicted molar refractivity (Wildman–Crippen MR) is 67.3 cm³/mol. The minimum Gasteiger partial charge on any atom is -0.302 e. The SMILES string of the molecule is Cc1cc(Cl)c(CN(C)CCCC#N)cc1F. The highest BCUT2D eigenvalue weighted by atomic mass is 35.5. The molecular weight excluding hydrogens is 239 g/mol. The Hall–Kier alpha value is -1.11. The maximum Gasteiger partial charge on any atom is 0.126 e. The van der Waals surface area contributed by atoms with E-state index >= 15 is 0 Å². The molecule has 0 aliphatic carbocycles. The summed E-state index contributed by atoms with van der Waals surface area (Å²) >= 11 is 6.06. The second-order valence-electron chi connectivity index (χ2n) is 4.19. The number of nitriles is 1. The molecule has 0 bridgehead atoms. The van der Waals surface area contributed by atoms with Crippen molar-refractivity contribution in [2.45, 2.75) is 26.3 Å². The summed E-state index contributed by atoms with van der Waals surface area (Å²) in [6.45, 7) is 3.10. The van der Waals surface area contributed by atoms with Gasteiger partial charge in [-0.1, -0.05) is 11.6 Å². The molecule has 2 nitrogen and oxygen atoms in total. The van der Waals surface area contributed by atoms with Gasteiger partial charge in [0.15, 0.2) is 0 Å². The van der Waals surface area contributed by atoms with Gasteiger partial charge in [0.1, 0.15) is 5.82 Å². The van der Waals surface area contributed by atoms with E-state index in [0.29, 0.717) is 23.6 Å². The van der Waals surface area contributed by atoms with E-state index in [9.17, 15) is 4.39 Å². The Bertz CT molecular complexity index is 426. The van der Waals surface area contributed by atoms with E-state index in [1.54, 1.807) is 13.0 Å². The molecule has 0 heterocycles. The van der Waals surface area contributed by atoms with Gasteiger partial charge in [-0.2, -0.15) is 5.26 Å². The third-order valence-corrected chi connectivity index (χ3v) is 2.95. The van der Waals surface area contributed by atoms with Gasteiger partial charge in [-0.3, -0.25) is 0 Å². The van der Waals surface area contributed by atoms with Crippen molar-refractivity contribution in [3.63, 3.8) is 0 Å². The highest BCUT2D eigenvalue weighted by Gasteiger charge is 2.08. The van der Waals surface area contributed by atoms with Crippen LogP contribution in [0.5, 0.6) is 0 Å². The van der Waals surface area contributed by atoms with Crippen LogP contribution in [0.1, 0.15) is 24.0 Å². The Kier molecular flexibility index (Phi) is 5.40. The maximum atomic E-state index is 13.4. The van der Waals surface area contributed by atoms with Crippen LogP contribution in [0.4, 0.5) is 4.39 Å². The Labute approximate surface area is 107 Å². The number of benzene rings is 1. The van der Waals surface area contributed by atoms with E-state index in [4.69, 9.17) is 16.9 Å². The zero-order valence-corrected chi connectivity index (χ0v) is 10.9. The molecule has 0 fully saturated rings. The van der Waals surface area contributed by atoms with Gasteiger partial charge in [-0.25, -0.2) is 4.39 Å². The van der Waals surface area contributed by atoms with E-state index < -0.39 is 0 Å². The maximum absolute atomic E-state index is 13.4. The lowest BCUT2D eigenvalue weighted by Crippen LogP contribution is -2.19. The van der Waals surface area contributed by atoms with Crippen LogP contribution in [-0.2, 0) is 6.54 Å². The summed E-state index contributed by atoms with van der Waals surface area (Å²) in [4.78, 5) is 2.04. The first-order chi connectivity index (χ1) is 8.04. The Morgan fingerprint density at radius 3 is 2.82 bits per heavy atom. The van der Waals surface area contributed by atoms with Crippen molar-refractivity contribution in [1.29, 1.82) is 5.26 Å². The molecule has 1 rings (SSSR count). The number of nitrogens with zero attached hydrogens (tertiary/aromatic N) is 2. The van der Waals surface area contributed by atoms with Crippen LogP contribution < -0.4 is 0 Å². The highest BCUT2D eigenvalue weighted by Crippen LogP contribution is 2.21. The summed E-state index contributed by atoms with van der Waals surface area (Å²) in [6, 6.07) is 5.23. The molecule has 92 valence electrons. The fourth-order valence-corrected chi connectivity index (χ4v) is 1.88. The van der Waals surface area contributed by atoms with Crippen molar-refractivity contribution < 1.29 is 4.39 Å². The number of hydrogen-bond donors (Lipinski definition) is 0. The number of rotatable bonds is 5. The summed E-state index contributed by atoms with van der Waals surface area (Å²) in [7, 11) is 1.94. The second-order valence-corrected chi connectivity index (χ2v) is 4.60. The second kappa shape index (κ2) is 6.58. The van der Waals surface area contributed by atoms with Crippen molar-refractivity contribution >= 4 is 11.6 Å². The van der Waals surface area contributed by atoms with Gasteiger partial charge in [0.25, 0.3) is 0 Å². The van der Waals surface area contributed by atoms with Crippen molar-refractivity contribution in [3.05, 3.63) is 34.1 Å². The third kappa shape index (κ3) is 4.33. The lowest BCUT2D eigenvalue weighted by Gasteiger charge is -2.17. The average molecular weight is 255 g/mol. The van der Waals surface area contributed by atoms with Crippen molar-refractivity contribution in [2.75, 3.05) is 13.6 Å². The molecule has 0 spiro atoms. The number of unbranched alkanes of at least 4 members (excludes halogenated alkanes) is 1. The Morgan fingerprint density at radius 1 is 1.47 bits per heavy atom. The fourth-order valence-electron chi connectivity index (χ4n) is 1.61. The van der Waals surface area contributed by atoms with Crippen LogP contribution >= 0.6 is 11.6 Å². The molecule has 0 amide bonds. The molecule has 0 aliphatic heterocycles. The van der Waals surface area contributed by atoms with Crippen LogP contribution in [0.2, 0.25) is 5.02 Å². The first-order valence-electron chi connectivity index (χ1n) is 5.54. The molecule has 1 aromatic rings. The monoisotopic (exact) mass is 254 g/mol. The van der Waals surface area contributed by atoms with Gasteiger partial charge >= 0.3 is 0 Å². The van der Waals surface area contributed by atoms with Crippen LogP contribution in [0.25, 0.3) is 0 Å². The smallest absolute Gasteiger partial charge is 0.126 e. The molecule has 0 aromatic heterocycles. The standard InChI is InChI=1S/C13H16ClFN2/c1-10-7-12(14)11(8-13(10)15)9-17(2)6-4-3-5-16/h7-8H,3-4,6,9H2,1-2H3. The van der Waals surface area contributed by atoms with Gasteiger partial charge in [0.2, 0.25) is 0 Å². The lowest BCUT2D eigenvalue weighted by molar-refractivity contribution is 0.323. The molecule has 0 radical (unpaired) electrons. The van der Waals surface area contributed by atoms with Gasteiger partial charge < -0.3 is 4.90 Å². The quantitative estimate of drug-likeness (QED) is 0.752. The van der Waals surface area contributed by atoms with Crippen molar-refractivity contribution in [1.82, 2.24) is 4.90 Å². The molecular formula is C13H16ClFN2. The topological polar surface area (TPSA) is 27.0 Å². The van der Waals surface area contributed by atoms with Crippen LogP contribution in [-0.4, -0.2) is 18.5 Å². The van der Waals surface area contributed by atoms with E-state index in [1.165, 1.54) is 6.07 Å². The first-order valence-corrected chi connectivity index (χ1v) is 5.92. The fraction of sp³-hybridized carbons (Fsp3) is 0.462. The molecule has 0 saturated heterocycles. The minimum absolute atomic E-state index is 0.227. The van der Waals surface area contributed by atoms with Crippen LogP contribution in [0, 0.1) is 24.1 Å². The average Bonchev–Trinajstić information content (AvgIpc) is 2.26. The summed E-state index contributed by atoms with van der Waals surface area (Å²) in [6.07, 6.45) is 1.36. The van der Waals surface area contributed by atoms with E-state index in [1.807, 2.05) is 11.9 Å². The molecule has 0 unspecified atom stereocenters. The van der Waals surface area contributed by atoms with Crippen molar-refractivity contribution in [2.24, 2.45) is 0 Å². The number of halogens is 2. The van der Waals surface area contributed by atoms with Gasteiger partial charge in [0.05, 0.1) is 6.07 Å². The largest absolute Gasteiger partial charge is 0.302 e. The molecule has 4 heteroatoms. The highest BCUT2D eigenvalue weighted by molar-refractivity contribution is 6.31. The first kappa shape index (κ1) is 14.0. The van der Waals surface area contributed by atoms with Crippen LogP contribution in [0.3, 0.4) is 0 Å². The molecule has 0 aliphatic rings. The number of aryl methyl sites for hydroxylation is 1. The Balaban J connectivity index is 2.62. The van der Waals surface area contributed by atoms with Gasteiger partial charge in [0, 0.05) is 18.0 Å². The van der Waals surface area contributed by atoms with Crippen LogP contribution in [0.15, 0.2) is 12.1 Å². The zero-order chi connectivity index (χ0) is 12.8. The van der Waals surface area contributed by atoms with Gasteiger partial charge in [-0.05, 0) is 50.2 Å². The molecule has 0 N–H and O–H groups in total. The van der Waals surface area contributed by atoms with E-state index in [-0.39, 0.29) is 5.82 Å². The lowest BCUT2D eigenvalue weighted by atomic mass is 10.1. The normalized spacial score (nSPS) is 10.6.